The van der Waals surface area contributed by atoms with E-state index in [0.717, 1.165) is 0 Å². The summed E-state index contributed by atoms with van der Waals surface area (Å²) < 4.78 is 4.73. The molecule has 1 heterocycles. The molecule has 0 radical (unpaired) electrons. The Morgan fingerprint density at radius 1 is 1.75 bits per heavy atom. The molecule has 0 aromatic carbocycles. The van der Waals surface area contributed by atoms with E-state index in [-0.39, 0.29) is 29.8 Å². The third-order valence-corrected chi connectivity index (χ3v) is 2.16. The molecule has 0 aliphatic heterocycles. The Morgan fingerprint density at radius 3 is 3.12 bits per heavy atom. The van der Waals surface area contributed by atoms with Crippen molar-refractivity contribution < 1.29 is 14.6 Å². The fourth-order valence-corrected chi connectivity index (χ4v) is 1.32. The molecule has 1 atom stereocenters. The van der Waals surface area contributed by atoms with Crippen molar-refractivity contribution in [3.63, 3.8) is 0 Å². The second-order valence-electron chi connectivity index (χ2n) is 3.16. The zero-order valence-electron chi connectivity index (χ0n) is 8.81. The lowest BCUT2D eigenvalue weighted by Crippen LogP contribution is -2.34. The van der Waals surface area contributed by atoms with Gasteiger partial charge in [-0.05, 0) is 12.1 Å². The van der Waals surface area contributed by atoms with Gasteiger partial charge in [-0.25, -0.2) is 4.98 Å². The molecule has 1 aromatic heterocycles. The summed E-state index contributed by atoms with van der Waals surface area (Å²) in [5.74, 6) is -0.367. The highest BCUT2D eigenvalue weighted by molar-refractivity contribution is 6.32. The molecular weight excluding hydrogens is 232 g/mol. The number of hydrogen-bond acceptors (Lipinski definition) is 4. The van der Waals surface area contributed by atoms with E-state index in [1.165, 1.54) is 13.3 Å². The number of nitrogens with zero attached hydrogens (tertiary/aromatic N) is 1. The largest absolute Gasteiger partial charge is 0.389 e. The SMILES string of the molecule is COCC(O)CNC(=O)c1cccnc1Cl. The predicted octanol–water partition coefficient (Wildman–Crippen LogP) is 0.472. The average Bonchev–Trinajstić information content (AvgIpc) is 2.27. The van der Waals surface area contributed by atoms with E-state index in [1.54, 1.807) is 12.1 Å². The predicted molar refractivity (Wildman–Crippen MR) is 59.5 cm³/mol. The van der Waals surface area contributed by atoms with Gasteiger partial charge in [0.15, 0.2) is 0 Å². The van der Waals surface area contributed by atoms with Crippen LogP contribution in [0.5, 0.6) is 0 Å². The summed E-state index contributed by atoms with van der Waals surface area (Å²) in [4.78, 5) is 15.4. The molecule has 1 amide bonds. The van der Waals surface area contributed by atoms with E-state index < -0.39 is 6.10 Å². The highest BCUT2D eigenvalue weighted by Crippen LogP contribution is 2.10. The second-order valence-corrected chi connectivity index (χ2v) is 3.52. The highest BCUT2D eigenvalue weighted by atomic mass is 35.5. The number of aliphatic hydroxyl groups excluding tert-OH is 1. The van der Waals surface area contributed by atoms with Crippen molar-refractivity contribution in [1.82, 2.24) is 10.3 Å². The van der Waals surface area contributed by atoms with Gasteiger partial charge in [0.25, 0.3) is 5.91 Å². The number of pyridine rings is 1. The minimum absolute atomic E-state index is 0.109. The lowest BCUT2D eigenvalue weighted by atomic mass is 10.2. The van der Waals surface area contributed by atoms with Gasteiger partial charge in [-0.3, -0.25) is 4.79 Å². The van der Waals surface area contributed by atoms with Crippen LogP contribution in [0.2, 0.25) is 5.15 Å². The quantitative estimate of drug-likeness (QED) is 0.739. The zero-order chi connectivity index (χ0) is 12.0. The van der Waals surface area contributed by atoms with Crippen LogP contribution in [-0.4, -0.2) is 42.4 Å². The number of aromatic nitrogens is 1. The molecule has 0 saturated carbocycles. The van der Waals surface area contributed by atoms with Crippen LogP contribution in [0.25, 0.3) is 0 Å². The molecule has 88 valence electrons. The van der Waals surface area contributed by atoms with E-state index in [4.69, 9.17) is 16.3 Å². The number of halogens is 1. The molecule has 0 fully saturated rings. The fourth-order valence-electron chi connectivity index (χ4n) is 1.11. The minimum atomic E-state index is -0.732. The summed E-state index contributed by atoms with van der Waals surface area (Å²) in [5, 5.41) is 12.0. The fraction of sp³-hybridized carbons (Fsp3) is 0.400. The number of rotatable bonds is 5. The lowest BCUT2D eigenvalue weighted by molar-refractivity contribution is 0.0609. The van der Waals surface area contributed by atoms with Gasteiger partial charge in [-0.15, -0.1) is 0 Å². The smallest absolute Gasteiger partial charge is 0.254 e. The van der Waals surface area contributed by atoms with Gasteiger partial charge in [0.05, 0.1) is 18.3 Å². The molecule has 16 heavy (non-hydrogen) atoms. The Labute approximate surface area is 98.4 Å². The molecule has 1 rings (SSSR count). The first-order valence-electron chi connectivity index (χ1n) is 4.71. The van der Waals surface area contributed by atoms with Crippen LogP contribution in [0, 0.1) is 0 Å². The molecule has 0 bridgehead atoms. The van der Waals surface area contributed by atoms with Gasteiger partial charge in [-0.1, -0.05) is 11.6 Å². The molecule has 6 heteroatoms. The van der Waals surface area contributed by atoms with Crippen molar-refractivity contribution >= 4 is 17.5 Å². The van der Waals surface area contributed by atoms with Gasteiger partial charge in [0.1, 0.15) is 5.15 Å². The maximum Gasteiger partial charge on any atom is 0.254 e. The Kier molecular flexibility index (Phi) is 5.18. The molecular formula is C10H13ClN2O3. The third kappa shape index (κ3) is 3.77. The van der Waals surface area contributed by atoms with E-state index in [2.05, 4.69) is 10.3 Å². The van der Waals surface area contributed by atoms with Crippen LogP contribution in [0.4, 0.5) is 0 Å². The number of nitrogens with one attached hydrogen (secondary N) is 1. The summed E-state index contributed by atoms with van der Waals surface area (Å²) in [6.07, 6.45) is 0.767. The van der Waals surface area contributed by atoms with Gasteiger partial charge < -0.3 is 15.2 Å². The molecule has 0 aliphatic rings. The first-order chi connectivity index (χ1) is 7.65. The summed E-state index contributed by atoms with van der Waals surface area (Å²) in [6, 6.07) is 3.18. The van der Waals surface area contributed by atoms with E-state index in [0.29, 0.717) is 0 Å². The van der Waals surface area contributed by atoms with Crippen LogP contribution in [0.3, 0.4) is 0 Å². The Hall–Kier alpha value is -1.17. The number of methoxy groups -OCH3 is 1. The van der Waals surface area contributed by atoms with Crippen molar-refractivity contribution in [2.75, 3.05) is 20.3 Å². The molecule has 1 unspecified atom stereocenters. The van der Waals surface area contributed by atoms with Gasteiger partial charge in [0.2, 0.25) is 0 Å². The van der Waals surface area contributed by atoms with Crippen molar-refractivity contribution in [2.24, 2.45) is 0 Å². The summed E-state index contributed by atoms with van der Waals surface area (Å²) in [7, 11) is 1.48. The highest BCUT2D eigenvalue weighted by Gasteiger charge is 2.11. The number of ether oxygens (including phenoxy) is 1. The van der Waals surface area contributed by atoms with Crippen molar-refractivity contribution in [3.8, 4) is 0 Å². The molecule has 0 saturated heterocycles. The Morgan fingerprint density at radius 2 is 2.50 bits per heavy atom. The van der Waals surface area contributed by atoms with Crippen LogP contribution >= 0.6 is 11.6 Å². The first kappa shape index (κ1) is 12.9. The first-order valence-corrected chi connectivity index (χ1v) is 5.08. The molecule has 0 aliphatic carbocycles. The summed E-state index contributed by atoms with van der Waals surface area (Å²) >= 11 is 5.74. The van der Waals surface area contributed by atoms with Crippen molar-refractivity contribution in [1.29, 1.82) is 0 Å². The average molecular weight is 245 g/mol. The minimum Gasteiger partial charge on any atom is -0.389 e. The maximum absolute atomic E-state index is 11.6. The lowest BCUT2D eigenvalue weighted by Gasteiger charge is -2.10. The van der Waals surface area contributed by atoms with Crippen molar-refractivity contribution in [3.05, 3.63) is 29.0 Å². The Bertz CT molecular complexity index is 360. The number of amides is 1. The summed E-state index contributed by atoms with van der Waals surface area (Å²) in [6.45, 7) is 0.277. The molecule has 2 N–H and O–H groups in total. The van der Waals surface area contributed by atoms with Crippen LogP contribution in [-0.2, 0) is 4.74 Å². The molecule has 0 spiro atoms. The van der Waals surface area contributed by atoms with Crippen molar-refractivity contribution in [2.45, 2.75) is 6.10 Å². The van der Waals surface area contributed by atoms with E-state index in [9.17, 15) is 9.90 Å². The zero-order valence-corrected chi connectivity index (χ0v) is 9.57. The van der Waals surface area contributed by atoms with Crippen LogP contribution in [0.15, 0.2) is 18.3 Å². The number of hydrogen-bond donors (Lipinski definition) is 2. The second kappa shape index (κ2) is 6.42. The number of carbonyl (C=O) groups is 1. The van der Waals surface area contributed by atoms with Gasteiger partial charge in [0, 0.05) is 19.9 Å². The third-order valence-electron chi connectivity index (χ3n) is 1.86. The normalized spacial score (nSPS) is 12.2. The number of carbonyl (C=O) groups excluding carboxylic acids is 1. The van der Waals surface area contributed by atoms with Crippen LogP contribution in [0.1, 0.15) is 10.4 Å². The molecule has 1 aromatic rings. The molecule has 5 nitrogen and oxygen atoms in total. The monoisotopic (exact) mass is 244 g/mol. The Balaban J connectivity index is 2.50. The van der Waals surface area contributed by atoms with Gasteiger partial charge in [-0.2, -0.15) is 0 Å². The van der Waals surface area contributed by atoms with E-state index in [1.807, 2.05) is 0 Å². The van der Waals surface area contributed by atoms with E-state index >= 15 is 0 Å². The van der Waals surface area contributed by atoms with Gasteiger partial charge >= 0.3 is 0 Å². The standard InChI is InChI=1S/C10H13ClN2O3/c1-16-6-7(14)5-13-10(15)8-3-2-4-12-9(8)11/h2-4,7,14H,5-6H2,1H3,(H,13,15). The number of aliphatic hydroxyl groups is 1. The maximum atomic E-state index is 11.6. The topological polar surface area (TPSA) is 71.5 Å². The summed E-state index contributed by atoms with van der Waals surface area (Å²) in [5.41, 5.74) is 0.286. The van der Waals surface area contributed by atoms with Crippen LogP contribution < -0.4 is 5.32 Å².